The van der Waals surface area contributed by atoms with Crippen LogP contribution >= 0.6 is 12.4 Å². The van der Waals surface area contributed by atoms with E-state index in [0.717, 1.165) is 17.9 Å². The summed E-state index contributed by atoms with van der Waals surface area (Å²) in [5.41, 5.74) is 7.29. The van der Waals surface area contributed by atoms with E-state index in [1.807, 2.05) is 30.3 Å². The maximum atomic E-state index is 12.4. The highest BCUT2D eigenvalue weighted by atomic mass is 35.5. The molecule has 1 saturated heterocycles. The molecule has 4 aliphatic rings. The SMILES string of the molecule is C[C@H](CNC(=O)[C@@H](N)Cc1ccccc1)B1O[C@H]2C[C@H]3C[C@H](C3(C)C)[C@@]2(C)O1.Cl. The summed E-state index contributed by atoms with van der Waals surface area (Å²) in [7, 11) is -0.268. The summed E-state index contributed by atoms with van der Waals surface area (Å²) in [6, 6.07) is 9.32. The fourth-order valence-corrected chi connectivity index (χ4v) is 5.59. The molecule has 3 N–H and O–H groups in total. The second kappa shape index (κ2) is 8.22. The van der Waals surface area contributed by atoms with Crippen LogP contribution in [0, 0.1) is 17.3 Å². The third-order valence-corrected chi connectivity index (χ3v) is 7.67. The van der Waals surface area contributed by atoms with Gasteiger partial charge in [-0.3, -0.25) is 4.79 Å². The Morgan fingerprint density at radius 3 is 2.62 bits per heavy atom. The van der Waals surface area contributed by atoms with Crippen LogP contribution in [0.2, 0.25) is 5.82 Å². The van der Waals surface area contributed by atoms with Crippen molar-refractivity contribution in [2.75, 3.05) is 6.54 Å². The van der Waals surface area contributed by atoms with Crippen molar-refractivity contribution in [1.29, 1.82) is 0 Å². The summed E-state index contributed by atoms with van der Waals surface area (Å²) >= 11 is 0. The van der Waals surface area contributed by atoms with Crippen LogP contribution in [0.25, 0.3) is 0 Å². The third-order valence-electron chi connectivity index (χ3n) is 7.67. The Labute approximate surface area is 181 Å². The van der Waals surface area contributed by atoms with Gasteiger partial charge in [-0.2, -0.15) is 0 Å². The second-order valence-electron chi connectivity index (χ2n) is 9.86. The number of hydrogen-bond donors (Lipinski definition) is 2. The molecule has 160 valence electrons. The monoisotopic (exact) mass is 420 g/mol. The van der Waals surface area contributed by atoms with Gasteiger partial charge in [0.25, 0.3) is 0 Å². The first-order valence-corrected chi connectivity index (χ1v) is 10.6. The summed E-state index contributed by atoms with van der Waals surface area (Å²) in [6.45, 7) is 9.53. The van der Waals surface area contributed by atoms with E-state index in [2.05, 4.69) is 33.0 Å². The molecule has 29 heavy (non-hydrogen) atoms. The topological polar surface area (TPSA) is 73.6 Å². The number of nitrogens with one attached hydrogen (secondary N) is 1. The van der Waals surface area contributed by atoms with Gasteiger partial charge in [0.15, 0.2) is 0 Å². The number of carbonyl (C=O) groups excluding carboxylic acids is 1. The molecule has 6 atom stereocenters. The van der Waals surface area contributed by atoms with Crippen LogP contribution in [0.15, 0.2) is 30.3 Å². The molecule has 0 aromatic heterocycles. The van der Waals surface area contributed by atoms with Crippen LogP contribution < -0.4 is 11.1 Å². The van der Waals surface area contributed by atoms with E-state index < -0.39 is 6.04 Å². The standard InChI is InChI=1S/C22H33BN2O3.ClH/c1-14(13-25-20(26)17(24)10-15-8-6-5-7-9-15)23-27-19-12-16-11-18(21(16,2)3)22(19,4)28-23;/h5-9,14,16-19H,10-13,24H2,1-4H3,(H,25,26);1H/t14-,16-,17+,18-,19+,22-;/m1./s1. The summed E-state index contributed by atoms with van der Waals surface area (Å²) in [4.78, 5) is 12.4. The minimum absolute atomic E-state index is 0. The van der Waals surface area contributed by atoms with Crippen LogP contribution in [-0.4, -0.2) is 37.3 Å². The van der Waals surface area contributed by atoms with E-state index >= 15 is 0 Å². The smallest absolute Gasteiger partial charge is 0.405 e. The molecule has 7 heteroatoms. The summed E-state index contributed by atoms with van der Waals surface area (Å²) in [6.07, 6.45) is 3.04. The zero-order valence-electron chi connectivity index (χ0n) is 17.9. The van der Waals surface area contributed by atoms with Gasteiger partial charge in [-0.1, -0.05) is 51.1 Å². The van der Waals surface area contributed by atoms with Crippen molar-refractivity contribution in [2.45, 2.75) is 70.5 Å². The van der Waals surface area contributed by atoms with Crippen molar-refractivity contribution < 1.29 is 14.1 Å². The van der Waals surface area contributed by atoms with Gasteiger partial charge in [0.1, 0.15) is 0 Å². The number of rotatable bonds is 6. The number of nitrogens with two attached hydrogens (primary N) is 1. The van der Waals surface area contributed by atoms with Gasteiger partial charge in [0.2, 0.25) is 5.91 Å². The van der Waals surface area contributed by atoms with Crippen molar-refractivity contribution in [2.24, 2.45) is 23.0 Å². The minimum atomic E-state index is -0.548. The van der Waals surface area contributed by atoms with Crippen molar-refractivity contribution in [1.82, 2.24) is 5.32 Å². The van der Waals surface area contributed by atoms with Gasteiger partial charge in [-0.15, -0.1) is 12.4 Å². The first kappa shape index (κ1) is 22.6. The third kappa shape index (κ3) is 3.97. The predicted octanol–water partition coefficient (Wildman–Crippen LogP) is 3.21. The Bertz CT molecular complexity index is 734. The Morgan fingerprint density at radius 2 is 1.97 bits per heavy atom. The predicted molar refractivity (Wildman–Crippen MR) is 118 cm³/mol. The highest BCUT2D eigenvalue weighted by molar-refractivity contribution is 6.47. The van der Waals surface area contributed by atoms with Crippen molar-refractivity contribution in [3.63, 3.8) is 0 Å². The number of carbonyl (C=O) groups is 1. The Kier molecular flexibility index (Phi) is 6.41. The highest BCUT2D eigenvalue weighted by Crippen LogP contribution is 2.66. The van der Waals surface area contributed by atoms with E-state index in [1.165, 1.54) is 6.42 Å². The van der Waals surface area contributed by atoms with Crippen molar-refractivity contribution in [3.05, 3.63) is 35.9 Å². The van der Waals surface area contributed by atoms with E-state index in [1.54, 1.807) is 0 Å². The zero-order chi connectivity index (χ0) is 20.1. The second-order valence-corrected chi connectivity index (χ2v) is 9.86. The summed E-state index contributed by atoms with van der Waals surface area (Å²) < 4.78 is 12.8. The molecular weight excluding hydrogens is 387 g/mol. The molecule has 1 heterocycles. The number of benzene rings is 1. The molecule has 1 aromatic rings. The highest BCUT2D eigenvalue weighted by Gasteiger charge is 2.68. The molecule has 0 radical (unpaired) electrons. The molecule has 5 nitrogen and oxygen atoms in total. The molecule has 0 spiro atoms. The van der Waals surface area contributed by atoms with E-state index in [-0.39, 0.29) is 43.0 Å². The van der Waals surface area contributed by atoms with Crippen LogP contribution in [0.5, 0.6) is 0 Å². The molecule has 3 aliphatic carbocycles. The molecule has 1 aromatic carbocycles. The fourth-order valence-electron chi connectivity index (χ4n) is 5.59. The fraction of sp³-hybridized carbons (Fsp3) is 0.682. The van der Waals surface area contributed by atoms with Gasteiger partial charge in [0.05, 0.1) is 17.7 Å². The molecule has 0 unspecified atom stereocenters. The van der Waals surface area contributed by atoms with Gasteiger partial charge >= 0.3 is 7.12 Å². The van der Waals surface area contributed by atoms with Crippen LogP contribution in [0.1, 0.15) is 46.1 Å². The largest absolute Gasteiger partial charge is 0.462 e. The molecule has 1 aliphatic heterocycles. The minimum Gasteiger partial charge on any atom is -0.405 e. The molecule has 1 amide bonds. The van der Waals surface area contributed by atoms with Crippen molar-refractivity contribution in [3.8, 4) is 0 Å². The molecule has 5 rings (SSSR count). The van der Waals surface area contributed by atoms with Gasteiger partial charge < -0.3 is 20.4 Å². The van der Waals surface area contributed by atoms with Crippen LogP contribution in [0.3, 0.4) is 0 Å². The molecular formula is C22H34BClN2O3. The molecule has 3 saturated carbocycles. The summed E-state index contributed by atoms with van der Waals surface area (Å²) in [5, 5.41) is 2.99. The molecule has 2 bridgehead atoms. The lowest BCUT2D eigenvalue weighted by atomic mass is 9.43. The van der Waals surface area contributed by atoms with E-state index in [9.17, 15) is 4.79 Å². The number of amides is 1. The van der Waals surface area contributed by atoms with Gasteiger partial charge in [-0.05, 0) is 49.0 Å². The maximum Gasteiger partial charge on any atom is 0.462 e. The lowest BCUT2D eigenvalue weighted by Gasteiger charge is -2.64. The van der Waals surface area contributed by atoms with E-state index in [0.29, 0.717) is 24.3 Å². The lowest BCUT2D eigenvalue weighted by molar-refractivity contribution is -0.199. The normalized spacial score (nSPS) is 33.7. The first-order chi connectivity index (χ1) is 13.2. The van der Waals surface area contributed by atoms with Crippen LogP contribution in [-0.2, 0) is 20.5 Å². The molecule has 4 fully saturated rings. The van der Waals surface area contributed by atoms with Crippen molar-refractivity contribution >= 4 is 25.4 Å². The van der Waals surface area contributed by atoms with Gasteiger partial charge in [-0.25, -0.2) is 0 Å². The Hall–Kier alpha value is -1.08. The Balaban J connectivity index is 0.00000240. The lowest BCUT2D eigenvalue weighted by Crippen LogP contribution is -2.65. The van der Waals surface area contributed by atoms with Crippen LogP contribution in [0.4, 0.5) is 0 Å². The average Bonchev–Trinajstić information content (AvgIpc) is 3.03. The summed E-state index contributed by atoms with van der Waals surface area (Å²) in [5.74, 6) is 1.25. The first-order valence-electron chi connectivity index (χ1n) is 10.6. The van der Waals surface area contributed by atoms with Gasteiger partial charge in [0, 0.05) is 12.4 Å². The number of halogens is 1. The Morgan fingerprint density at radius 1 is 1.28 bits per heavy atom. The maximum absolute atomic E-state index is 12.4. The zero-order valence-corrected chi connectivity index (χ0v) is 18.7. The average molecular weight is 421 g/mol. The van der Waals surface area contributed by atoms with E-state index in [4.69, 9.17) is 15.0 Å². The quantitative estimate of drug-likeness (QED) is 0.693. The number of hydrogen-bond acceptors (Lipinski definition) is 4.